The number of hydrogen-bond acceptors (Lipinski definition) is 1. The predicted molar refractivity (Wildman–Crippen MR) is 38.2 cm³/mol. The van der Waals surface area contributed by atoms with Gasteiger partial charge in [0, 0.05) is 0 Å². The fourth-order valence-corrected chi connectivity index (χ4v) is 1.55. The van der Waals surface area contributed by atoms with Gasteiger partial charge in [-0.2, -0.15) is 0 Å². The van der Waals surface area contributed by atoms with Crippen molar-refractivity contribution in [3.63, 3.8) is 0 Å². The van der Waals surface area contributed by atoms with Gasteiger partial charge in [0.2, 0.25) is 0 Å². The van der Waals surface area contributed by atoms with Crippen molar-refractivity contribution in [1.29, 1.82) is 0 Å². The Morgan fingerprint density at radius 3 is 1.33 bits per heavy atom. The Labute approximate surface area is 55.5 Å². The summed E-state index contributed by atoms with van der Waals surface area (Å²) in [5.41, 5.74) is 0.323. The van der Waals surface area contributed by atoms with Gasteiger partial charge in [-0.1, -0.05) is 24.3 Å². The molecule has 1 nitrogen and oxygen atoms in total. The summed E-state index contributed by atoms with van der Waals surface area (Å²) < 4.78 is 0. The van der Waals surface area contributed by atoms with Crippen LogP contribution in [0.5, 0.6) is 0 Å². The molecule has 0 fully saturated rings. The van der Waals surface area contributed by atoms with Crippen LogP contribution >= 0.6 is 0 Å². The fourth-order valence-electron chi connectivity index (χ4n) is 1.55. The van der Waals surface area contributed by atoms with Crippen molar-refractivity contribution in [3.8, 4) is 0 Å². The lowest BCUT2D eigenvalue weighted by Gasteiger charge is -2.18. The van der Waals surface area contributed by atoms with Gasteiger partial charge in [0.1, 0.15) is 0 Å². The molecule has 2 rings (SSSR count). The molecule has 0 spiro atoms. The first kappa shape index (κ1) is 5.24. The zero-order valence-electron chi connectivity index (χ0n) is 5.81. The van der Waals surface area contributed by atoms with Gasteiger partial charge >= 0.3 is 0 Å². The molecule has 0 aromatic heterocycles. The second-order valence-corrected chi connectivity index (χ2v) is 3.36. The lowest BCUT2D eigenvalue weighted by atomic mass is 9.99. The summed E-state index contributed by atoms with van der Waals surface area (Å²) in [6.45, 7) is 4.36. The van der Waals surface area contributed by atoms with Gasteiger partial charge in [-0.15, -0.1) is 0 Å². The molecule has 0 saturated carbocycles. The zero-order valence-corrected chi connectivity index (χ0v) is 5.81. The van der Waals surface area contributed by atoms with Gasteiger partial charge in [-0.05, 0) is 13.8 Å². The van der Waals surface area contributed by atoms with Gasteiger partial charge < -0.3 is 0 Å². The van der Waals surface area contributed by atoms with E-state index in [0.29, 0.717) is 0 Å². The van der Waals surface area contributed by atoms with Crippen LogP contribution < -0.4 is 5.32 Å². The molecule has 0 radical (unpaired) electrons. The van der Waals surface area contributed by atoms with Crippen LogP contribution in [0.1, 0.15) is 13.8 Å². The van der Waals surface area contributed by atoms with Gasteiger partial charge in [0.15, 0.2) is 0 Å². The molecule has 2 bridgehead atoms. The minimum absolute atomic E-state index is 0.161. The Morgan fingerprint density at radius 1 is 0.889 bits per heavy atom. The summed E-state index contributed by atoms with van der Waals surface area (Å²) in [4.78, 5) is 0. The predicted octanol–water partition coefficient (Wildman–Crippen LogP) is 1.23. The second-order valence-electron chi connectivity index (χ2n) is 3.36. The Balaban J connectivity index is 2.46. The number of nitrogens with one attached hydrogen (secondary N) is 1. The monoisotopic (exact) mass is 121 g/mol. The topological polar surface area (TPSA) is 12.0 Å². The summed E-state index contributed by atoms with van der Waals surface area (Å²) in [7, 11) is 0. The third kappa shape index (κ3) is 0.583. The lowest BCUT2D eigenvalue weighted by molar-refractivity contribution is 0.501. The number of rotatable bonds is 0. The Morgan fingerprint density at radius 2 is 1.22 bits per heavy atom. The van der Waals surface area contributed by atoms with Crippen LogP contribution in [-0.2, 0) is 0 Å². The van der Waals surface area contributed by atoms with E-state index in [2.05, 4.69) is 43.5 Å². The maximum absolute atomic E-state index is 3.46. The molecule has 9 heavy (non-hydrogen) atoms. The highest BCUT2D eigenvalue weighted by Gasteiger charge is 2.38. The van der Waals surface area contributed by atoms with Gasteiger partial charge in [0.25, 0.3) is 0 Å². The second kappa shape index (κ2) is 1.14. The molecule has 0 amide bonds. The van der Waals surface area contributed by atoms with E-state index in [9.17, 15) is 0 Å². The Hall–Kier alpha value is -0.560. The SMILES string of the molecule is CC12C=CC(C)(C=C1)N2. The van der Waals surface area contributed by atoms with Crippen molar-refractivity contribution >= 4 is 0 Å². The lowest BCUT2D eigenvalue weighted by Crippen LogP contribution is -2.40. The Bertz CT molecular complexity index is 167. The van der Waals surface area contributed by atoms with Crippen LogP contribution in [0.4, 0.5) is 0 Å². The quantitative estimate of drug-likeness (QED) is 0.475. The molecule has 0 aromatic rings. The van der Waals surface area contributed by atoms with Crippen molar-refractivity contribution in [3.05, 3.63) is 24.3 Å². The highest BCUT2D eigenvalue weighted by molar-refractivity contribution is 5.40. The smallest absolute Gasteiger partial charge is 0.0531 e. The molecule has 0 aromatic carbocycles. The summed E-state index contributed by atoms with van der Waals surface area (Å²) >= 11 is 0. The van der Waals surface area contributed by atoms with E-state index < -0.39 is 0 Å². The molecule has 0 aliphatic carbocycles. The molecule has 0 unspecified atom stereocenters. The summed E-state index contributed by atoms with van der Waals surface area (Å²) in [5.74, 6) is 0. The van der Waals surface area contributed by atoms with Crippen LogP contribution in [0.3, 0.4) is 0 Å². The van der Waals surface area contributed by atoms with Crippen molar-refractivity contribution < 1.29 is 0 Å². The van der Waals surface area contributed by atoms with E-state index in [1.165, 1.54) is 0 Å². The highest BCUT2D eigenvalue weighted by Crippen LogP contribution is 2.31. The minimum Gasteiger partial charge on any atom is -0.293 e. The fraction of sp³-hybridized carbons (Fsp3) is 0.500. The molecule has 2 heterocycles. The third-order valence-corrected chi connectivity index (χ3v) is 2.09. The normalized spacial score (nSPS) is 53.1. The van der Waals surface area contributed by atoms with Crippen molar-refractivity contribution in [2.45, 2.75) is 24.9 Å². The third-order valence-electron chi connectivity index (χ3n) is 2.09. The number of hydrogen-bond donors (Lipinski definition) is 1. The first-order chi connectivity index (χ1) is 4.12. The summed E-state index contributed by atoms with van der Waals surface area (Å²) in [5, 5.41) is 3.46. The minimum atomic E-state index is 0.161. The van der Waals surface area contributed by atoms with Gasteiger partial charge in [0.05, 0.1) is 11.1 Å². The first-order valence-corrected chi connectivity index (χ1v) is 3.32. The molecule has 0 atom stereocenters. The van der Waals surface area contributed by atoms with Crippen molar-refractivity contribution in [2.75, 3.05) is 0 Å². The van der Waals surface area contributed by atoms with Gasteiger partial charge in [-0.3, -0.25) is 5.32 Å². The van der Waals surface area contributed by atoms with Crippen LogP contribution in [0.25, 0.3) is 0 Å². The Kier molecular flexibility index (Phi) is 0.665. The average Bonchev–Trinajstić information content (AvgIpc) is 2.19. The van der Waals surface area contributed by atoms with Crippen molar-refractivity contribution in [1.82, 2.24) is 5.32 Å². The van der Waals surface area contributed by atoms with Crippen LogP contribution in [0.15, 0.2) is 24.3 Å². The number of fused-ring (bicyclic) bond motifs is 2. The van der Waals surface area contributed by atoms with Crippen molar-refractivity contribution in [2.24, 2.45) is 0 Å². The van der Waals surface area contributed by atoms with E-state index in [4.69, 9.17) is 0 Å². The molecule has 1 N–H and O–H groups in total. The zero-order chi connectivity index (χ0) is 6.54. The maximum atomic E-state index is 3.46. The molecular weight excluding hydrogens is 110 g/mol. The van der Waals surface area contributed by atoms with Crippen LogP contribution in [-0.4, -0.2) is 11.1 Å². The van der Waals surface area contributed by atoms with Crippen LogP contribution in [0, 0.1) is 0 Å². The average molecular weight is 121 g/mol. The molecule has 2 aliphatic rings. The molecule has 2 aliphatic heterocycles. The van der Waals surface area contributed by atoms with E-state index in [1.54, 1.807) is 0 Å². The summed E-state index contributed by atoms with van der Waals surface area (Å²) in [6.07, 6.45) is 8.86. The highest BCUT2D eigenvalue weighted by atomic mass is 15.1. The first-order valence-electron chi connectivity index (χ1n) is 3.32. The standard InChI is InChI=1S/C8H11N/c1-7-3-5-8(2,9-7)6-4-7/h3-6,9H,1-2H3. The van der Waals surface area contributed by atoms with E-state index in [0.717, 1.165) is 0 Å². The van der Waals surface area contributed by atoms with E-state index in [1.807, 2.05) is 0 Å². The largest absolute Gasteiger partial charge is 0.293 e. The molecule has 48 valence electrons. The van der Waals surface area contributed by atoms with Gasteiger partial charge in [-0.25, -0.2) is 0 Å². The summed E-state index contributed by atoms with van der Waals surface area (Å²) in [6, 6.07) is 0. The van der Waals surface area contributed by atoms with E-state index >= 15 is 0 Å². The van der Waals surface area contributed by atoms with Crippen LogP contribution in [0.2, 0.25) is 0 Å². The van der Waals surface area contributed by atoms with E-state index in [-0.39, 0.29) is 11.1 Å². The molecule has 1 heteroatoms. The maximum Gasteiger partial charge on any atom is 0.0531 e. The molecule has 0 saturated heterocycles. The molecular formula is C8H11N.